The zero-order chi connectivity index (χ0) is 22.5. The Bertz CT molecular complexity index is 1170. The number of fused-ring (bicyclic) bond motifs is 2. The monoisotopic (exact) mass is 461 g/mol. The molecule has 172 valence electrons. The van der Waals surface area contributed by atoms with Gasteiger partial charge in [0, 0.05) is 61.8 Å². The van der Waals surface area contributed by atoms with Gasteiger partial charge in [-0.3, -0.25) is 4.79 Å². The Hall–Kier alpha value is -2.51. The van der Waals surface area contributed by atoms with E-state index in [9.17, 15) is 4.79 Å². The van der Waals surface area contributed by atoms with Gasteiger partial charge in [-0.2, -0.15) is 0 Å². The lowest BCUT2D eigenvalue weighted by atomic mass is 9.72. The minimum atomic E-state index is 0.0634. The number of H-pyrrole nitrogens is 1. The highest BCUT2D eigenvalue weighted by Crippen LogP contribution is 2.46. The van der Waals surface area contributed by atoms with Crippen LogP contribution in [0.5, 0.6) is 0 Å². The van der Waals surface area contributed by atoms with Crippen LogP contribution in [0.15, 0.2) is 47.6 Å². The minimum Gasteiger partial charge on any atom is -0.353 e. The number of hydrogen-bond acceptors (Lipinski definition) is 5. The van der Waals surface area contributed by atoms with E-state index in [0.717, 1.165) is 51.4 Å². The number of piperazine rings is 1. The van der Waals surface area contributed by atoms with Crippen LogP contribution in [0.2, 0.25) is 0 Å². The van der Waals surface area contributed by atoms with Gasteiger partial charge < -0.3 is 19.7 Å². The number of carbonyl (C=O) groups excluding carboxylic acids is 1. The molecule has 2 fully saturated rings. The average molecular weight is 462 g/mol. The molecule has 0 unspecified atom stereocenters. The van der Waals surface area contributed by atoms with E-state index < -0.39 is 0 Å². The van der Waals surface area contributed by atoms with Gasteiger partial charge in [-0.25, -0.2) is 4.98 Å². The van der Waals surface area contributed by atoms with Gasteiger partial charge in [0.1, 0.15) is 5.82 Å². The molecule has 33 heavy (non-hydrogen) atoms. The molecule has 1 amide bonds. The molecular weight excluding hydrogens is 430 g/mol. The molecule has 6 nitrogen and oxygen atoms in total. The van der Waals surface area contributed by atoms with Crippen molar-refractivity contribution in [2.45, 2.75) is 29.8 Å². The summed E-state index contributed by atoms with van der Waals surface area (Å²) < 4.78 is 0. The molecule has 7 heteroatoms. The fourth-order valence-corrected chi connectivity index (χ4v) is 6.95. The van der Waals surface area contributed by atoms with Crippen molar-refractivity contribution in [1.29, 1.82) is 0 Å². The normalized spacial score (nSPS) is 25.3. The van der Waals surface area contributed by atoms with Gasteiger partial charge >= 0.3 is 0 Å². The highest BCUT2D eigenvalue weighted by molar-refractivity contribution is 7.98. The zero-order valence-electron chi connectivity index (χ0n) is 19.3. The van der Waals surface area contributed by atoms with Crippen molar-refractivity contribution < 1.29 is 4.79 Å². The maximum absolute atomic E-state index is 13.6. The van der Waals surface area contributed by atoms with Crippen LogP contribution in [-0.2, 0) is 11.2 Å². The fraction of sp³-hybridized carbons (Fsp3) is 0.462. The standard InChI is InChI=1S/C26H31N5OS/c1-29-16-17(26(32)31-12-10-30(11-13-31)23-8-3-4-9-27-23)14-19-18-6-5-7-21-24(18)20(15-22(19)29)25(28-21)33-2/h3-9,17,19,22,28H,10-16H2,1-2H3/t17-,19-,22-/m1/s1. The second kappa shape index (κ2) is 8.37. The van der Waals surface area contributed by atoms with Gasteiger partial charge in [0.15, 0.2) is 0 Å². The lowest BCUT2D eigenvalue weighted by Gasteiger charge is -2.46. The quantitative estimate of drug-likeness (QED) is 0.604. The highest BCUT2D eigenvalue weighted by Gasteiger charge is 2.43. The van der Waals surface area contributed by atoms with E-state index in [4.69, 9.17) is 0 Å². The van der Waals surface area contributed by atoms with E-state index >= 15 is 0 Å². The summed E-state index contributed by atoms with van der Waals surface area (Å²) in [7, 11) is 2.21. The largest absolute Gasteiger partial charge is 0.353 e. The molecule has 4 heterocycles. The molecule has 0 bridgehead atoms. The number of aromatic amines is 1. The predicted octanol–water partition coefficient (Wildman–Crippen LogP) is 3.59. The summed E-state index contributed by atoms with van der Waals surface area (Å²) in [6.07, 6.45) is 6.01. The number of pyridine rings is 1. The van der Waals surface area contributed by atoms with E-state index in [1.165, 1.54) is 27.1 Å². The number of nitrogens with zero attached hydrogens (tertiary/aromatic N) is 4. The molecule has 2 saturated heterocycles. The van der Waals surface area contributed by atoms with Crippen LogP contribution in [0.4, 0.5) is 5.82 Å². The van der Waals surface area contributed by atoms with Crippen LogP contribution in [-0.4, -0.2) is 77.7 Å². The van der Waals surface area contributed by atoms with Crippen LogP contribution in [0.1, 0.15) is 23.5 Å². The van der Waals surface area contributed by atoms with Crippen molar-refractivity contribution in [2.75, 3.05) is 50.9 Å². The number of rotatable bonds is 3. The summed E-state index contributed by atoms with van der Waals surface area (Å²) >= 11 is 1.81. The average Bonchev–Trinajstić information content (AvgIpc) is 3.23. The van der Waals surface area contributed by atoms with Crippen LogP contribution in [0.25, 0.3) is 10.9 Å². The predicted molar refractivity (Wildman–Crippen MR) is 134 cm³/mol. The first-order valence-corrected chi connectivity index (χ1v) is 13.2. The number of nitrogens with one attached hydrogen (secondary N) is 1. The Balaban J connectivity index is 1.21. The van der Waals surface area contributed by atoms with Gasteiger partial charge in [0.2, 0.25) is 5.91 Å². The molecule has 6 rings (SSSR count). The maximum atomic E-state index is 13.6. The third-order valence-electron chi connectivity index (χ3n) is 7.93. The van der Waals surface area contributed by atoms with E-state index in [0.29, 0.717) is 17.9 Å². The van der Waals surface area contributed by atoms with Crippen molar-refractivity contribution in [3.05, 3.63) is 53.7 Å². The van der Waals surface area contributed by atoms with Crippen molar-refractivity contribution >= 4 is 34.4 Å². The van der Waals surface area contributed by atoms with Gasteiger partial charge in [0.25, 0.3) is 0 Å². The maximum Gasteiger partial charge on any atom is 0.227 e. The zero-order valence-corrected chi connectivity index (χ0v) is 20.1. The molecular formula is C26H31N5OS. The molecule has 1 aromatic carbocycles. The Labute approximate surface area is 199 Å². The van der Waals surface area contributed by atoms with Crippen molar-refractivity contribution in [3.63, 3.8) is 0 Å². The lowest BCUT2D eigenvalue weighted by Crippen LogP contribution is -2.55. The summed E-state index contributed by atoms with van der Waals surface area (Å²) in [5.41, 5.74) is 4.14. The second-order valence-electron chi connectivity index (χ2n) is 9.66. The van der Waals surface area contributed by atoms with Crippen LogP contribution in [0.3, 0.4) is 0 Å². The number of anilines is 1. The summed E-state index contributed by atoms with van der Waals surface area (Å²) in [6, 6.07) is 13.2. The summed E-state index contributed by atoms with van der Waals surface area (Å²) in [6.45, 7) is 4.10. The van der Waals surface area contributed by atoms with Gasteiger partial charge in [-0.05, 0) is 55.5 Å². The lowest BCUT2D eigenvalue weighted by molar-refractivity contribution is -0.138. The van der Waals surface area contributed by atoms with E-state index in [1.807, 2.05) is 30.1 Å². The number of benzene rings is 1. The Kier molecular flexibility index (Phi) is 5.34. The second-order valence-corrected chi connectivity index (χ2v) is 10.5. The number of thioether (sulfide) groups is 1. The van der Waals surface area contributed by atoms with Gasteiger partial charge in [-0.1, -0.05) is 18.2 Å². The molecule has 1 N–H and O–H groups in total. The number of likely N-dealkylation sites (tertiary alicyclic amines) is 1. The van der Waals surface area contributed by atoms with Crippen LogP contribution in [0, 0.1) is 5.92 Å². The third kappa shape index (κ3) is 3.53. The minimum absolute atomic E-state index is 0.0634. The molecule has 0 spiro atoms. The van der Waals surface area contributed by atoms with Crippen molar-refractivity contribution in [3.8, 4) is 0 Å². The van der Waals surface area contributed by atoms with Gasteiger partial charge in [-0.15, -0.1) is 11.8 Å². The number of amides is 1. The van der Waals surface area contributed by atoms with E-state index in [1.54, 1.807) is 0 Å². The smallest absolute Gasteiger partial charge is 0.227 e. The SMILES string of the molecule is CSc1[nH]c2cccc3c2c1C[C@@H]1[C@@H]3C[C@@H](C(=O)N2CCN(c3ccccn3)CC2)CN1C. The summed E-state index contributed by atoms with van der Waals surface area (Å²) in [4.78, 5) is 28.6. The molecule has 3 aliphatic rings. The van der Waals surface area contributed by atoms with E-state index in [2.05, 4.69) is 62.2 Å². The molecule has 3 atom stereocenters. The number of carbonyl (C=O) groups is 1. The topological polar surface area (TPSA) is 55.5 Å². The molecule has 2 aromatic heterocycles. The number of piperidine rings is 1. The van der Waals surface area contributed by atoms with Gasteiger partial charge in [0.05, 0.1) is 10.9 Å². The fourth-order valence-electron chi connectivity index (χ4n) is 6.30. The van der Waals surface area contributed by atoms with Crippen LogP contribution < -0.4 is 4.90 Å². The summed E-state index contributed by atoms with van der Waals surface area (Å²) in [5, 5.41) is 2.71. The molecule has 0 radical (unpaired) electrons. The first-order valence-electron chi connectivity index (χ1n) is 12.0. The summed E-state index contributed by atoms with van der Waals surface area (Å²) in [5.74, 6) is 1.81. The molecule has 2 aliphatic heterocycles. The first-order chi connectivity index (χ1) is 16.1. The van der Waals surface area contributed by atoms with Crippen molar-refractivity contribution in [1.82, 2.24) is 19.8 Å². The Morgan fingerprint density at radius 3 is 2.73 bits per heavy atom. The van der Waals surface area contributed by atoms with E-state index in [-0.39, 0.29) is 5.92 Å². The Morgan fingerprint density at radius 2 is 1.97 bits per heavy atom. The third-order valence-corrected chi connectivity index (χ3v) is 8.69. The first kappa shape index (κ1) is 21.1. The highest BCUT2D eigenvalue weighted by atomic mass is 32.2. The molecule has 3 aromatic rings. The van der Waals surface area contributed by atoms with Crippen molar-refractivity contribution in [2.24, 2.45) is 5.92 Å². The number of likely N-dealkylation sites (N-methyl/N-ethyl adjacent to an activating group) is 1. The number of aromatic nitrogens is 2. The molecule has 1 aliphatic carbocycles. The Morgan fingerprint density at radius 1 is 1.12 bits per heavy atom. The van der Waals surface area contributed by atoms with Crippen LogP contribution >= 0.6 is 11.8 Å². The molecule has 0 saturated carbocycles. The number of hydrogen-bond donors (Lipinski definition) is 1.